The van der Waals surface area contributed by atoms with E-state index in [4.69, 9.17) is 22.1 Å². The van der Waals surface area contributed by atoms with Gasteiger partial charge in [-0.25, -0.2) is 0 Å². The van der Waals surface area contributed by atoms with E-state index in [0.717, 1.165) is 23.0 Å². The number of aromatic nitrogens is 6. The number of anilines is 2. The summed E-state index contributed by atoms with van der Waals surface area (Å²) in [5, 5.41) is 10.1. The number of thioether (sulfide) groups is 1. The Morgan fingerprint density at radius 3 is 2.69 bits per heavy atom. The molecule has 0 aliphatic rings. The molecule has 0 aliphatic carbocycles. The second kappa shape index (κ2) is 9.86. The minimum atomic E-state index is 0.192. The van der Waals surface area contributed by atoms with Crippen LogP contribution in [-0.4, -0.2) is 57.5 Å². The lowest BCUT2D eigenvalue weighted by atomic mass is 10.2. The standard InChI is InChI=1S/C18H23ClN8OS/c1-26(2)17-22-14(21-16(20)23-17)11-29-18-25-24-15(27(18)9-6-10-28-3)12-7-4-5-8-13(12)19/h4-5,7-8H,6,9-11H2,1-3H3,(H2,20,21,22,23). The molecule has 2 aromatic heterocycles. The molecule has 1 aromatic carbocycles. The van der Waals surface area contributed by atoms with Crippen molar-refractivity contribution >= 4 is 35.3 Å². The minimum Gasteiger partial charge on any atom is -0.385 e. The summed E-state index contributed by atoms with van der Waals surface area (Å²) < 4.78 is 7.24. The van der Waals surface area contributed by atoms with Gasteiger partial charge in [0.1, 0.15) is 5.82 Å². The van der Waals surface area contributed by atoms with Crippen molar-refractivity contribution in [1.29, 1.82) is 0 Å². The number of rotatable bonds is 9. The van der Waals surface area contributed by atoms with Gasteiger partial charge in [0.15, 0.2) is 11.0 Å². The van der Waals surface area contributed by atoms with E-state index in [1.54, 1.807) is 12.0 Å². The van der Waals surface area contributed by atoms with Crippen LogP contribution < -0.4 is 10.6 Å². The summed E-state index contributed by atoms with van der Waals surface area (Å²) in [6.07, 6.45) is 0.822. The number of nitrogens with two attached hydrogens (primary N) is 1. The van der Waals surface area contributed by atoms with Gasteiger partial charge >= 0.3 is 0 Å². The third-order valence-corrected chi connectivity index (χ3v) is 5.27. The molecule has 0 spiro atoms. The maximum absolute atomic E-state index is 6.38. The molecule has 0 bridgehead atoms. The summed E-state index contributed by atoms with van der Waals surface area (Å²) in [6.45, 7) is 1.34. The number of benzene rings is 1. The summed E-state index contributed by atoms with van der Waals surface area (Å²) in [5.41, 5.74) is 6.65. The normalized spacial score (nSPS) is 11.0. The number of methoxy groups -OCH3 is 1. The lowest BCUT2D eigenvalue weighted by molar-refractivity contribution is 0.189. The lowest BCUT2D eigenvalue weighted by Crippen LogP contribution is -2.16. The zero-order chi connectivity index (χ0) is 20.8. The second-order valence-corrected chi connectivity index (χ2v) is 7.73. The monoisotopic (exact) mass is 434 g/mol. The van der Waals surface area contributed by atoms with Crippen molar-refractivity contribution in [2.75, 3.05) is 38.4 Å². The van der Waals surface area contributed by atoms with E-state index in [-0.39, 0.29) is 5.95 Å². The molecule has 9 nitrogen and oxygen atoms in total. The van der Waals surface area contributed by atoms with Crippen molar-refractivity contribution in [2.24, 2.45) is 0 Å². The Kier molecular flexibility index (Phi) is 7.24. The van der Waals surface area contributed by atoms with Gasteiger partial charge in [-0.05, 0) is 18.6 Å². The van der Waals surface area contributed by atoms with Gasteiger partial charge < -0.3 is 19.9 Å². The summed E-state index contributed by atoms with van der Waals surface area (Å²) in [6, 6.07) is 7.59. The summed E-state index contributed by atoms with van der Waals surface area (Å²) >= 11 is 7.87. The molecule has 0 atom stereocenters. The lowest BCUT2D eigenvalue weighted by Gasteiger charge is -2.12. The first-order chi connectivity index (χ1) is 14.0. The Morgan fingerprint density at radius 2 is 1.97 bits per heavy atom. The first-order valence-corrected chi connectivity index (χ1v) is 10.3. The van der Waals surface area contributed by atoms with E-state index in [1.165, 1.54) is 11.8 Å². The third kappa shape index (κ3) is 5.34. The van der Waals surface area contributed by atoms with E-state index in [1.807, 2.05) is 42.9 Å². The predicted molar refractivity (Wildman–Crippen MR) is 115 cm³/mol. The fourth-order valence-electron chi connectivity index (χ4n) is 2.62. The maximum atomic E-state index is 6.38. The van der Waals surface area contributed by atoms with Crippen LogP contribution >= 0.6 is 23.4 Å². The summed E-state index contributed by atoms with van der Waals surface area (Å²) in [7, 11) is 5.40. The highest BCUT2D eigenvalue weighted by Gasteiger charge is 2.17. The molecule has 0 amide bonds. The second-order valence-electron chi connectivity index (χ2n) is 6.38. The molecule has 2 heterocycles. The highest BCUT2D eigenvalue weighted by Crippen LogP contribution is 2.30. The van der Waals surface area contributed by atoms with Crippen molar-refractivity contribution in [2.45, 2.75) is 23.9 Å². The highest BCUT2D eigenvalue weighted by atomic mass is 35.5. The van der Waals surface area contributed by atoms with Crippen molar-refractivity contribution < 1.29 is 4.74 Å². The fourth-order valence-corrected chi connectivity index (χ4v) is 3.66. The van der Waals surface area contributed by atoms with Crippen LogP contribution in [0.4, 0.5) is 11.9 Å². The first-order valence-electron chi connectivity index (χ1n) is 8.97. The van der Waals surface area contributed by atoms with Crippen molar-refractivity contribution in [3.05, 3.63) is 35.1 Å². The average Bonchev–Trinajstić information content (AvgIpc) is 3.09. The van der Waals surface area contributed by atoms with Gasteiger partial charge in [0, 0.05) is 39.9 Å². The fraction of sp³-hybridized carbons (Fsp3) is 0.389. The van der Waals surface area contributed by atoms with Crippen LogP contribution in [0.25, 0.3) is 11.4 Å². The molecule has 3 rings (SSSR count). The van der Waals surface area contributed by atoms with Gasteiger partial charge in [0.25, 0.3) is 0 Å². The number of ether oxygens (including phenoxy) is 1. The van der Waals surface area contributed by atoms with Gasteiger partial charge in [-0.1, -0.05) is 35.5 Å². The predicted octanol–water partition coefficient (Wildman–Crippen LogP) is 2.76. The molecule has 2 N–H and O–H groups in total. The van der Waals surface area contributed by atoms with Crippen LogP contribution in [0.1, 0.15) is 12.2 Å². The number of hydrogen-bond acceptors (Lipinski definition) is 9. The molecule has 0 radical (unpaired) electrons. The van der Waals surface area contributed by atoms with E-state index < -0.39 is 0 Å². The zero-order valence-corrected chi connectivity index (χ0v) is 18.1. The molecule has 0 aliphatic heterocycles. The largest absolute Gasteiger partial charge is 0.385 e. The topological polar surface area (TPSA) is 108 Å². The van der Waals surface area contributed by atoms with E-state index in [9.17, 15) is 0 Å². The molecule has 0 saturated heterocycles. The number of hydrogen-bond donors (Lipinski definition) is 1. The van der Waals surface area contributed by atoms with E-state index >= 15 is 0 Å². The Balaban J connectivity index is 1.86. The smallest absolute Gasteiger partial charge is 0.229 e. The molecule has 154 valence electrons. The molecule has 0 unspecified atom stereocenters. The average molecular weight is 435 g/mol. The van der Waals surface area contributed by atoms with Crippen molar-refractivity contribution in [3.63, 3.8) is 0 Å². The van der Waals surface area contributed by atoms with Gasteiger partial charge in [0.2, 0.25) is 11.9 Å². The Morgan fingerprint density at radius 1 is 1.17 bits per heavy atom. The van der Waals surface area contributed by atoms with Crippen LogP contribution in [0.15, 0.2) is 29.4 Å². The molecule has 11 heteroatoms. The maximum Gasteiger partial charge on any atom is 0.229 e. The summed E-state index contributed by atoms with van der Waals surface area (Å²) in [5.74, 6) is 2.50. The first kappa shape index (κ1) is 21.3. The van der Waals surface area contributed by atoms with Gasteiger partial charge in [-0.15, -0.1) is 10.2 Å². The number of halogens is 1. The molecular weight excluding hydrogens is 412 g/mol. The molecule has 29 heavy (non-hydrogen) atoms. The molecule has 3 aromatic rings. The van der Waals surface area contributed by atoms with Crippen LogP contribution in [0, 0.1) is 0 Å². The highest BCUT2D eigenvalue weighted by molar-refractivity contribution is 7.98. The van der Waals surface area contributed by atoms with Gasteiger partial charge in [-0.3, -0.25) is 0 Å². The number of nitrogen functional groups attached to an aromatic ring is 1. The summed E-state index contributed by atoms with van der Waals surface area (Å²) in [4.78, 5) is 14.6. The van der Waals surface area contributed by atoms with Crippen LogP contribution in [0.3, 0.4) is 0 Å². The Bertz CT molecular complexity index is 965. The van der Waals surface area contributed by atoms with Gasteiger partial charge in [0.05, 0.1) is 10.8 Å². The van der Waals surface area contributed by atoms with Crippen molar-refractivity contribution in [1.82, 2.24) is 29.7 Å². The van der Waals surface area contributed by atoms with E-state index in [0.29, 0.717) is 35.7 Å². The molecular formula is C18H23ClN8OS. The van der Waals surface area contributed by atoms with Crippen LogP contribution in [0.2, 0.25) is 5.02 Å². The van der Waals surface area contributed by atoms with E-state index in [2.05, 4.69) is 25.1 Å². The quantitative estimate of drug-likeness (QED) is 0.401. The zero-order valence-electron chi connectivity index (χ0n) is 16.5. The molecule has 0 saturated carbocycles. The minimum absolute atomic E-state index is 0.192. The Hall–Kier alpha value is -2.43. The van der Waals surface area contributed by atoms with Gasteiger partial charge in [-0.2, -0.15) is 15.0 Å². The Labute approximate surface area is 178 Å². The van der Waals surface area contributed by atoms with Crippen LogP contribution in [0.5, 0.6) is 0 Å². The van der Waals surface area contributed by atoms with Crippen LogP contribution in [-0.2, 0) is 17.0 Å². The SMILES string of the molecule is COCCCn1c(SCc2nc(N)nc(N(C)C)n2)nnc1-c1ccccc1Cl. The van der Waals surface area contributed by atoms with Crippen molar-refractivity contribution in [3.8, 4) is 11.4 Å². The molecule has 0 fully saturated rings. The number of nitrogens with zero attached hydrogens (tertiary/aromatic N) is 7. The third-order valence-electron chi connectivity index (χ3n) is 3.98.